The highest BCUT2D eigenvalue weighted by atomic mass is 16.6. The lowest BCUT2D eigenvalue weighted by atomic mass is 10.1. The fraction of sp³-hybridized carbons (Fsp3) is 0.250. The lowest BCUT2D eigenvalue weighted by molar-refractivity contribution is -0.162. The van der Waals surface area contributed by atoms with Crippen LogP contribution in [0.4, 0.5) is 5.69 Å². The third-order valence-corrected chi connectivity index (χ3v) is 4.00. The number of rotatable bonds is 5. The topological polar surface area (TPSA) is 90.9 Å². The van der Waals surface area contributed by atoms with Gasteiger partial charge in [0.25, 0.3) is 5.91 Å². The maximum atomic E-state index is 12.3. The van der Waals surface area contributed by atoms with Crippen LogP contribution in [0.1, 0.15) is 24.2 Å². The third-order valence-electron chi connectivity index (χ3n) is 4.00. The zero-order chi connectivity index (χ0) is 19.4. The van der Waals surface area contributed by atoms with Crippen molar-refractivity contribution in [3.8, 4) is 11.5 Å². The van der Waals surface area contributed by atoms with Gasteiger partial charge in [-0.2, -0.15) is 0 Å². The molecular weight excluding hydrogens is 350 g/mol. The minimum absolute atomic E-state index is 0.00262. The van der Waals surface area contributed by atoms with E-state index in [4.69, 9.17) is 14.2 Å². The third kappa shape index (κ3) is 4.25. The standard InChI is InChI=1S/C20H19NO6/c1-12(22)14-7-3-4-8-15(14)21-19(23)13(2)26-20(24)18-11-25-16-9-5-6-10-17(16)27-18/h3-10,13,18H,11H2,1-2H3,(H,21,23)/t13-,18+/m1/s1. The highest BCUT2D eigenvalue weighted by Crippen LogP contribution is 2.31. The molecule has 1 amide bonds. The zero-order valence-corrected chi connectivity index (χ0v) is 14.9. The summed E-state index contributed by atoms with van der Waals surface area (Å²) in [5.41, 5.74) is 0.745. The molecule has 1 N–H and O–H groups in total. The van der Waals surface area contributed by atoms with Crippen LogP contribution in [0.15, 0.2) is 48.5 Å². The first-order valence-corrected chi connectivity index (χ1v) is 8.45. The molecule has 0 fully saturated rings. The average molecular weight is 369 g/mol. The lowest BCUT2D eigenvalue weighted by Crippen LogP contribution is -2.41. The number of benzene rings is 2. The van der Waals surface area contributed by atoms with Crippen LogP contribution in [0.2, 0.25) is 0 Å². The summed E-state index contributed by atoms with van der Waals surface area (Å²) in [5, 5.41) is 2.61. The van der Waals surface area contributed by atoms with E-state index in [1.165, 1.54) is 13.8 Å². The summed E-state index contributed by atoms with van der Waals surface area (Å²) in [7, 11) is 0. The molecule has 2 atom stereocenters. The van der Waals surface area contributed by atoms with Crippen molar-refractivity contribution in [1.82, 2.24) is 0 Å². The van der Waals surface area contributed by atoms with Crippen LogP contribution >= 0.6 is 0 Å². The Morgan fingerprint density at radius 2 is 1.74 bits per heavy atom. The molecule has 0 bridgehead atoms. The summed E-state index contributed by atoms with van der Waals surface area (Å²) < 4.78 is 16.2. The Hall–Kier alpha value is -3.35. The first-order valence-electron chi connectivity index (χ1n) is 8.45. The van der Waals surface area contributed by atoms with Gasteiger partial charge in [-0.25, -0.2) is 4.79 Å². The maximum Gasteiger partial charge on any atom is 0.351 e. The number of carbonyl (C=O) groups is 3. The van der Waals surface area contributed by atoms with Crippen LogP contribution in [-0.4, -0.2) is 36.5 Å². The number of amides is 1. The second-order valence-corrected chi connectivity index (χ2v) is 6.03. The fourth-order valence-corrected chi connectivity index (χ4v) is 2.57. The Labute approximate surface area is 156 Å². The normalized spacial score (nSPS) is 16.1. The minimum Gasteiger partial charge on any atom is -0.485 e. The molecule has 0 unspecified atom stereocenters. The molecule has 27 heavy (non-hydrogen) atoms. The van der Waals surface area contributed by atoms with Crippen LogP contribution in [0.3, 0.4) is 0 Å². The van der Waals surface area contributed by atoms with Crippen molar-refractivity contribution in [3.63, 3.8) is 0 Å². The lowest BCUT2D eigenvalue weighted by Gasteiger charge is -2.26. The summed E-state index contributed by atoms with van der Waals surface area (Å²) in [5.74, 6) is -0.436. The highest BCUT2D eigenvalue weighted by Gasteiger charge is 2.31. The Morgan fingerprint density at radius 3 is 2.48 bits per heavy atom. The summed E-state index contributed by atoms with van der Waals surface area (Å²) in [6.07, 6.45) is -2.03. The molecule has 140 valence electrons. The quantitative estimate of drug-likeness (QED) is 0.643. The van der Waals surface area contributed by atoms with Gasteiger partial charge >= 0.3 is 5.97 Å². The molecule has 0 saturated carbocycles. The number of esters is 1. The average Bonchev–Trinajstić information content (AvgIpc) is 2.67. The molecule has 2 aromatic carbocycles. The fourth-order valence-electron chi connectivity index (χ4n) is 2.57. The van der Waals surface area contributed by atoms with Gasteiger partial charge in [0, 0.05) is 5.56 Å². The number of hydrogen-bond donors (Lipinski definition) is 1. The monoisotopic (exact) mass is 369 g/mol. The Bertz CT molecular complexity index is 878. The van der Waals surface area contributed by atoms with E-state index in [0.29, 0.717) is 22.7 Å². The van der Waals surface area contributed by atoms with Crippen molar-refractivity contribution in [2.24, 2.45) is 0 Å². The number of ether oxygens (including phenoxy) is 3. The van der Waals surface area contributed by atoms with E-state index in [0.717, 1.165) is 0 Å². The summed E-state index contributed by atoms with van der Waals surface area (Å²) in [6, 6.07) is 13.6. The smallest absolute Gasteiger partial charge is 0.351 e. The van der Waals surface area contributed by atoms with E-state index in [1.54, 1.807) is 48.5 Å². The Balaban J connectivity index is 1.60. The van der Waals surface area contributed by atoms with Crippen molar-refractivity contribution in [1.29, 1.82) is 0 Å². The van der Waals surface area contributed by atoms with E-state index in [9.17, 15) is 14.4 Å². The van der Waals surface area contributed by atoms with Gasteiger partial charge in [-0.15, -0.1) is 0 Å². The van der Waals surface area contributed by atoms with E-state index < -0.39 is 24.1 Å². The number of ketones is 1. The molecule has 1 aliphatic rings. The molecule has 1 aliphatic heterocycles. The van der Waals surface area contributed by atoms with E-state index >= 15 is 0 Å². The molecule has 0 aliphatic carbocycles. The van der Waals surface area contributed by atoms with Crippen LogP contribution in [-0.2, 0) is 14.3 Å². The molecule has 2 aromatic rings. The predicted octanol–water partition coefficient (Wildman–Crippen LogP) is 2.60. The van der Waals surface area contributed by atoms with Crippen LogP contribution in [0.25, 0.3) is 0 Å². The first-order chi connectivity index (χ1) is 13.0. The van der Waals surface area contributed by atoms with Crippen LogP contribution < -0.4 is 14.8 Å². The van der Waals surface area contributed by atoms with Gasteiger partial charge in [-0.3, -0.25) is 9.59 Å². The zero-order valence-electron chi connectivity index (χ0n) is 14.9. The predicted molar refractivity (Wildman–Crippen MR) is 97.0 cm³/mol. The summed E-state index contributed by atoms with van der Waals surface area (Å²) >= 11 is 0. The van der Waals surface area contributed by atoms with Gasteiger partial charge in [0.15, 0.2) is 23.4 Å². The van der Waals surface area contributed by atoms with Gasteiger partial charge < -0.3 is 19.5 Å². The van der Waals surface area contributed by atoms with Gasteiger partial charge in [0.2, 0.25) is 6.10 Å². The van der Waals surface area contributed by atoms with Crippen molar-refractivity contribution in [3.05, 3.63) is 54.1 Å². The number of anilines is 1. The van der Waals surface area contributed by atoms with Crippen molar-refractivity contribution in [2.45, 2.75) is 26.1 Å². The Morgan fingerprint density at radius 1 is 1.07 bits per heavy atom. The van der Waals surface area contributed by atoms with Gasteiger partial charge in [-0.05, 0) is 38.1 Å². The van der Waals surface area contributed by atoms with Crippen molar-refractivity contribution < 1.29 is 28.6 Å². The molecular formula is C20H19NO6. The van der Waals surface area contributed by atoms with Gasteiger partial charge in [0.1, 0.15) is 6.61 Å². The van der Waals surface area contributed by atoms with Crippen molar-refractivity contribution in [2.75, 3.05) is 11.9 Å². The molecule has 0 radical (unpaired) electrons. The number of fused-ring (bicyclic) bond motifs is 1. The molecule has 0 aromatic heterocycles. The minimum atomic E-state index is -1.07. The van der Waals surface area contributed by atoms with E-state index in [1.807, 2.05) is 0 Å². The van der Waals surface area contributed by atoms with Crippen LogP contribution in [0, 0.1) is 0 Å². The molecule has 7 heteroatoms. The second kappa shape index (κ2) is 7.90. The van der Waals surface area contributed by atoms with Crippen molar-refractivity contribution >= 4 is 23.3 Å². The summed E-state index contributed by atoms with van der Waals surface area (Å²) in [4.78, 5) is 36.3. The molecule has 1 heterocycles. The van der Waals surface area contributed by atoms with E-state index in [-0.39, 0.29) is 12.4 Å². The first kappa shape index (κ1) is 18.4. The van der Waals surface area contributed by atoms with Crippen LogP contribution in [0.5, 0.6) is 11.5 Å². The number of para-hydroxylation sites is 3. The molecule has 3 rings (SSSR count). The molecule has 0 saturated heterocycles. The van der Waals surface area contributed by atoms with Gasteiger partial charge in [0.05, 0.1) is 5.69 Å². The molecule has 7 nitrogen and oxygen atoms in total. The number of hydrogen-bond acceptors (Lipinski definition) is 6. The van der Waals surface area contributed by atoms with E-state index in [2.05, 4.69) is 5.32 Å². The number of carbonyl (C=O) groups excluding carboxylic acids is 3. The Kier molecular flexibility index (Phi) is 5.40. The number of nitrogens with one attached hydrogen (secondary N) is 1. The number of Topliss-reactive ketones (excluding diaryl/α,β-unsaturated/α-hetero) is 1. The highest BCUT2D eigenvalue weighted by molar-refractivity contribution is 6.04. The molecule has 0 spiro atoms. The SMILES string of the molecule is CC(=O)c1ccccc1NC(=O)[C@@H](C)OC(=O)[C@@H]1COc2ccccc2O1. The maximum absolute atomic E-state index is 12.3. The largest absolute Gasteiger partial charge is 0.485 e. The second-order valence-electron chi connectivity index (χ2n) is 6.03. The van der Waals surface area contributed by atoms with Gasteiger partial charge in [-0.1, -0.05) is 24.3 Å². The summed E-state index contributed by atoms with van der Waals surface area (Å²) in [6.45, 7) is 2.85.